The number of carbonyl (C=O) groups excluding carboxylic acids is 2. The van der Waals surface area contributed by atoms with E-state index in [0.29, 0.717) is 11.5 Å². The minimum absolute atomic E-state index is 0.226. The summed E-state index contributed by atoms with van der Waals surface area (Å²) in [4.78, 5) is 29.4. The van der Waals surface area contributed by atoms with Crippen molar-refractivity contribution in [3.8, 4) is 0 Å². The van der Waals surface area contributed by atoms with Gasteiger partial charge in [-0.2, -0.15) is 0 Å². The van der Waals surface area contributed by atoms with Crippen LogP contribution in [0, 0.1) is 5.92 Å². The second-order valence-corrected chi connectivity index (χ2v) is 7.20. The van der Waals surface area contributed by atoms with Crippen LogP contribution in [0.25, 0.3) is 10.9 Å². The number of aromatic nitrogens is 1. The highest BCUT2D eigenvalue weighted by Gasteiger charge is 2.27. The summed E-state index contributed by atoms with van der Waals surface area (Å²) in [7, 11) is 0. The normalized spacial score (nSPS) is 19.3. The summed E-state index contributed by atoms with van der Waals surface area (Å²) in [6, 6.07) is 7.92. The molecule has 1 amide bonds. The molecule has 0 bridgehead atoms. The molecule has 2 aromatic rings. The molecule has 1 fully saturated rings. The van der Waals surface area contributed by atoms with Gasteiger partial charge in [-0.05, 0) is 49.7 Å². The van der Waals surface area contributed by atoms with Crippen LogP contribution in [0.15, 0.2) is 24.3 Å². The molecule has 0 aliphatic heterocycles. The number of carbonyl (C=O) groups is 2. The molecule has 1 atom stereocenters. The standard InChI is InChI=1S/C20H22N2O3/c1-12-6-9-17-15(10-12)19(14-4-2-3-5-16(14)22-17)20(24)25-11-18(23)21-13-7-8-13/h2-5,12-13H,6-11H2,1H3,(H,21,23)/t12-/m0/s1. The van der Waals surface area contributed by atoms with Gasteiger partial charge in [0.2, 0.25) is 0 Å². The molecule has 130 valence electrons. The largest absolute Gasteiger partial charge is 0.452 e. The lowest BCUT2D eigenvalue weighted by Gasteiger charge is -2.24. The van der Waals surface area contributed by atoms with Gasteiger partial charge in [0.25, 0.3) is 5.91 Å². The summed E-state index contributed by atoms with van der Waals surface area (Å²) in [6.45, 7) is 1.96. The first-order chi connectivity index (χ1) is 12.1. The van der Waals surface area contributed by atoms with Crippen molar-refractivity contribution in [3.63, 3.8) is 0 Å². The van der Waals surface area contributed by atoms with Crippen LogP contribution in [0.1, 0.15) is 47.8 Å². The molecule has 5 nitrogen and oxygen atoms in total. The number of nitrogens with one attached hydrogen (secondary N) is 1. The Labute approximate surface area is 146 Å². The fourth-order valence-electron chi connectivity index (χ4n) is 3.50. The molecule has 2 aliphatic carbocycles. The van der Waals surface area contributed by atoms with E-state index in [2.05, 4.69) is 12.2 Å². The number of para-hydroxylation sites is 1. The Morgan fingerprint density at radius 1 is 1.24 bits per heavy atom. The maximum Gasteiger partial charge on any atom is 0.339 e. The van der Waals surface area contributed by atoms with Crippen LogP contribution in [-0.2, 0) is 22.4 Å². The molecular formula is C20H22N2O3. The number of amides is 1. The van der Waals surface area contributed by atoms with Crippen molar-refractivity contribution >= 4 is 22.8 Å². The first-order valence-corrected chi connectivity index (χ1v) is 8.99. The molecule has 1 aromatic carbocycles. The quantitative estimate of drug-likeness (QED) is 0.871. The van der Waals surface area contributed by atoms with Gasteiger partial charge in [-0.25, -0.2) is 4.79 Å². The van der Waals surface area contributed by atoms with Gasteiger partial charge in [0.15, 0.2) is 6.61 Å². The number of ether oxygens (including phenoxy) is 1. The van der Waals surface area contributed by atoms with E-state index in [1.807, 2.05) is 24.3 Å². The van der Waals surface area contributed by atoms with E-state index in [-0.39, 0.29) is 18.6 Å². The molecule has 4 rings (SSSR count). The smallest absolute Gasteiger partial charge is 0.339 e. The first kappa shape index (κ1) is 16.1. The molecule has 1 N–H and O–H groups in total. The molecule has 0 spiro atoms. The van der Waals surface area contributed by atoms with E-state index in [9.17, 15) is 9.59 Å². The minimum Gasteiger partial charge on any atom is -0.452 e. The third kappa shape index (κ3) is 3.36. The Bertz CT molecular complexity index is 842. The van der Waals surface area contributed by atoms with Gasteiger partial charge in [0.1, 0.15) is 0 Å². The summed E-state index contributed by atoms with van der Waals surface area (Å²) in [5.74, 6) is -0.133. The third-order valence-corrected chi connectivity index (χ3v) is 4.99. The van der Waals surface area contributed by atoms with Crippen LogP contribution >= 0.6 is 0 Å². The average Bonchev–Trinajstić information content (AvgIpc) is 3.41. The van der Waals surface area contributed by atoms with Crippen LogP contribution in [0.3, 0.4) is 0 Å². The predicted molar refractivity (Wildman–Crippen MR) is 94.4 cm³/mol. The van der Waals surface area contributed by atoms with Crippen molar-refractivity contribution in [2.75, 3.05) is 6.61 Å². The summed E-state index contributed by atoms with van der Waals surface area (Å²) < 4.78 is 5.35. The lowest BCUT2D eigenvalue weighted by Crippen LogP contribution is -2.30. The SMILES string of the molecule is C[C@H]1CCc2nc3ccccc3c(C(=O)OCC(=O)NC3CC3)c2C1. The van der Waals surface area contributed by atoms with E-state index < -0.39 is 5.97 Å². The zero-order valence-electron chi connectivity index (χ0n) is 14.4. The van der Waals surface area contributed by atoms with E-state index >= 15 is 0 Å². The predicted octanol–water partition coefficient (Wildman–Crippen LogP) is 2.80. The molecule has 25 heavy (non-hydrogen) atoms. The van der Waals surface area contributed by atoms with E-state index in [0.717, 1.165) is 54.3 Å². The number of hydrogen-bond donors (Lipinski definition) is 1. The number of benzene rings is 1. The Balaban J connectivity index is 1.65. The van der Waals surface area contributed by atoms with E-state index in [1.54, 1.807) is 0 Å². The second-order valence-electron chi connectivity index (χ2n) is 7.20. The first-order valence-electron chi connectivity index (χ1n) is 8.99. The second kappa shape index (κ2) is 6.47. The maximum absolute atomic E-state index is 12.8. The Kier molecular flexibility index (Phi) is 4.15. The number of rotatable bonds is 4. The highest BCUT2D eigenvalue weighted by atomic mass is 16.5. The summed E-state index contributed by atoms with van der Waals surface area (Å²) in [5, 5.41) is 3.65. The van der Waals surface area contributed by atoms with E-state index in [1.165, 1.54) is 0 Å². The van der Waals surface area contributed by atoms with Crippen molar-refractivity contribution < 1.29 is 14.3 Å². The van der Waals surface area contributed by atoms with Gasteiger partial charge in [-0.15, -0.1) is 0 Å². The molecule has 1 heterocycles. The zero-order chi connectivity index (χ0) is 17.4. The molecule has 1 aromatic heterocycles. The minimum atomic E-state index is -0.421. The maximum atomic E-state index is 12.8. The number of nitrogens with zero attached hydrogens (tertiary/aromatic N) is 1. The molecular weight excluding hydrogens is 316 g/mol. The Morgan fingerprint density at radius 3 is 2.84 bits per heavy atom. The highest BCUT2D eigenvalue weighted by molar-refractivity contribution is 6.05. The van der Waals surface area contributed by atoms with Crippen LogP contribution in [0.4, 0.5) is 0 Å². The van der Waals surface area contributed by atoms with Gasteiger partial charge >= 0.3 is 5.97 Å². The lowest BCUT2D eigenvalue weighted by atomic mass is 9.84. The van der Waals surface area contributed by atoms with Crippen LogP contribution in [-0.4, -0.2) is 29.5 Å². The fourth-order valence-corrected chi connectivity index (χ4v) is 3.50. The van der Waals surface area contributed by atoms with Gasteiger partial charge < -0.3 is 10.1 Å². The number of pyridine rings is 1. The number of fused-ring (bicyclic) bond motifs is 2. The van der Waals surface area contributed by atoms with Crippen molar-refractivity contribution in [2.45, 2.75) is 45.1 Å². The molecule has 5 heteroatoms. The molecule has 1 saturated carbocycles. The number of hydrogen-bond acceptors (Lipinski definition) is 4. The summed E-state index contributed by atoms with van der Waals surface area (Å²) >= 11 is 0. The van der Waals surface area contributed by atoms with Crippen molar-refractivity contribution in [1.82, 2.24) is 10.3 Å². The molecule has 0 radical (unpaired) electrons. The number of esters is 1. The summed E-state index contributed by atoms with van der Waals surface area (Å²) in [6.07, 6.45) is 4.81. The lowest BCUT2D eigenvalue weighted by molar-refractivity contribution is -0.124. The van der Waals surface area contributed by atoms with Gasteiger partial charge in [0, 0.05) is 17.1 Å². The Morgan fingerprint density at radius 2 is 2.04 bits per heavy atom. The molecule has 2 aliphatic rings. The van der Waals surface area contributed by atoms with Crippen LogP contribution in [0.2, 0.25) is 0 Å². The van der Waals surface area contributed by atoms with Gasteiger partial charge in [-0.3, -0.25) is 9.78 Å². The molecule has 0 saturated heterocycles. The topological polar surface area (TPSA) is 68.3 Å². The summed E-state index contributed by atoms with van der Waals surface area (Å²) in [5.41, 5.74) is 3.38. The number of aryl methyl sites for hydroxylation is 1. The average molecular weight is 338 g/mol. The monoisotopic (exact) mass is 338 g/mol. The van der Waals surface area contributed by atoms with Gasteiger partial charge in [-0.1, -0.05) is 25.1 Å². The van der Waals surface area contributed by atoms with E-state index in [4.69, 9.17) is 9.72 Å². The Hall–Kier alpha value is -2.43. The van der Waals surface area contributed by atoms with Crippen molar-refractivity contribution in [3.05, 3.63) is 41.1 Å². The van der Waals surface area contributed by atoms with Crippen molar-refractivity contribution in [1.29, 1.82) is 0 Å². The van der Waals surface area contributed by atoms with Crippen LogP contribution < -0.4 is 5.32 Å². The van der Waals surface area contributed by atoms with Crippen molar-refractivity contribution in [2.24, 2.45) is 5.92 Å². The fraction of sp³-hybridized carbons (Fsp3) is 0.450. The van der Waals surface area contributed by atoms with Gasteiger partial charge in [0.05, 0.1) is 11.1 Å². The molecule has 0 unspecified atom stereocenters. The van der Waals surface area contributed by atoms with Crippen LogP contribution in [0.5, 0.6) is 0 Å². The third-order valence-electron chi connectivity index (χ3n) is 4.99. The highest BCUT2D eigenvalue weighted by Crippen LogP contribution is 2.32. The zero-order valence-corrected chi connectivity index (χ0v) is 14.4.